The number of amides is 1. The van der Waals surface area contributed by atoms with Gasteiger partial charge in [-0.05, 0) is 73.2 Å². The van der Waals surface area contributed by atoms with Gasteiger partial charge in [-0.25, -0.2) is 0 Å². The van der Waals surface area contributed by atoms with E-state index in [1.165, 1.54) is 32.4 Å². The zero-order valence-corrected chi connectivity index (χ0v) is 24.6. The fourth-order valence-electron chi connectivity index (χ4n) is 6.40. The molecule has 1 N–H and O–H groups in total. The van der Waals surface area contributed by atoms with Crippen LogP contribution in [0.15, 0.2) is 41.4 Å². The van der Waals surface area contributed by atoms with Crippen LogP contribution in [0.2, 0.25) is 10.0 Å². The number of benzene rings is 2. The molecule has 1 saturated carbocycles. The summed E-state index contributed by atoms with van der Waals surface area (Å²) in [7, 11) is 0. The minimum atomic E-state index is -0.593. The number of likely N-dealkylation sites (tertiary alicyclic amines) is 1. The molecule has 0 radical (unpaired) electrons. The maximum absolute atomic E-state index is 13.7. The van der Waals surface area contributed by atoms with Gasteiger partial charge in [-0.15, -0.1) is 0 Å². The van der Waals surface area contributed by atoms with E-state index in [1.54, 1.807) is 24.0 Å². The first kappa shape index (κ1) is 28.3. The Labute approximate surface area is 241 Å². The van der Waals surface area contributed by atoms with Crippen molar-refractivity contribution in [1.82, 2.24) is 10.2 Å². The number of nitrogens with one attached hydrogen (secondary N) is 1. The number of halogens is 2. The first-order chi connectivity index (χ1) is 18.6. The Kier molecular flexibility index (Phi) is 8.48. The highest BCUT2D eigenvalue weighted by Crippen LogP contribution is 2.49. The summed E-state index contributed by atoms with van der Waals surface area (Å²) < 4.78 is 0. The van der Waals surface area contributed by atoms with Gasteiger partial charge in [0.1, 0.15) is 5.78 Å². The molecule has 0 spiro atoms. The third-order valence-corrected chi connectivity index (χ3v) is 8.74. The molecule has 5 rings (SSSR count). The van der Waals surface area contributed by atoms with Crippen molar-refractivity contribution in [3.05, 3.63) is 57.6 Å². The zero-order chi connectivity index (χ0) is 27.7. The minimum Gasteiger partial charge on any atom is -0.311 e. The molecule has 2 aromatic rings. The van der Waals surface area contributed by atoms with Gasteiger partial charge in [0.05, 0.1) is 23.3 Å². The Hall–Kier alpha value is -2.25. The number of ketones is 1. The van der Waals surface area contributed by atoms with Gasteiger partial charge >= 0.3 is 0 Å². The van der Waals surface area contributed by atoms with Crippen LogP contribution in [-0.2, 0) is 16.1 Å². The minimum absolute atomic E-state index is 0.0830. The Morgan fingerprint density at radius 3 is 2.56 bits per heavy atom. The fraction of sp³-hybridized carbons (Fsp3) is 0.516. The van der Waals surface area contributed by atoms with Gasteiger partial charge in [0, 0.05) is 48.7 Å². The van der Waals surface area contributed by atoms with Crippen LogP contribution in [0.25, 0.3) is 0 Å². The monoisotopic (exact) mass is 568 g/mol. The summed E-state index contributed by atoms with van der Waals surface area (Å²) in [4.78, 5) is 36.4. The lowest BCUT2D eigenvalue weighted by Crippen LogP contribution is -2.47. The topological polar surface area (TPSA) is 65.0 Å². The standard InChI is InChI=1S/C31H38Cl2N4O2/c1-20(38)37-27-10-7-21(19-34-11-14-36-12-5-4-6-13-36)15-25(27)35-26-17-31(2,3)18-28(39)29(26)30(37)23-9-8-22(32)16-24(23)33/h7-10,15-16,29-30,34H,4-6,11-14,17-19H2,1-3H3. The average Bonchev–Trinajstić information content (AvgIpc) is 3.00. The van der Waals surface area contributed by atoms with E-state index in [9.17, 15) is 9.59 Å². The SMILES string of the molecule is CC(=O)N1c2ccc(CNCCN3CCCCC3)cc2N=C2CC(C)(C)CC(=O)C2C1c1ccc(Cl)cc1Cl. The van der Waals surface area contributed by atoms with Crippen molar-refractivity contribution < 1.29 is 9.59 Å². The van der Waals surface area contributed by atoms with Crippen molar-refractivity contribution >= 4 is 52.0 Å². The van der Waals surface area contributed by atoms with Crippen molar-refractivity contribution in [2.45, 2.75) is 65.5 Å². The van der Waals surface area contributed by atoms with Gasteiger partial charge in [0.25, 0.3) is 0 Å². The molecule has 1 saturated heterocycles. The molecule has 0 aromatic heterocycles. The maximum Gasteiger partial charge on any atom is 0.224 e. The molecule has 2 heterocycles. The highest BCUT2D eigenvalue weighted by molar-refractivity contribution is 6.35. The van der Waals surface area contributed by atoms with E-state index in [0.29, 0.717) is 40.7 Å². The second-order valence-corrected chi connectivity index (χ2v) is 12.8. The van der Waals surface area contributed by atoms with Crippen LogP contribution < -0.4 is 10.2 Å². The maximum atomic E-state index is 13.7. The normalized spacial score (nSPS) is 23.1. The molecule has 2 aromatic carbocycles. The molecular formula is C31H38Cl2N4O2. The lowest BCUT2D eigenvalue weighted by molar-refractivity contribution is -0.124. The molecule has 6 nitrogen and oxygen atoms in total. The third-order valence-electron chi connectivity index (χ3n) is 8.18. The summed E-state index contributed by atoms with van der Waals surface area (Å²) in [5.41, 5.74) is 3.83. The van der Waals surface area contributed by atoms with Crippen LogP contribution in [0.4, 0.5) is 11.4 Å². The number of piperidine rings is 1. The second-order valence-electron chi connectivity index (χ2n) is 12.0. The number of carbonyl (C=O) groups is 2. The Morgan fingerprint density at radius 1 is 1.08 bits per heavy atom. The molecule has 1 amide bonds. The number of fused-ring (bicyclic) bond motifs is 2. The molecule has 3 aliphatic rings. The fourth-order valence-corrected chi connectivity index (χ4v) is 6.92. The molecule has 2 fully saturated rings. The Morgan fingerprint density at radius 2 is 1.85 bits per heavy atom. The highest BCUT2D eigenvalue weighted by Gasteiger charge is 2.47. The van der Waals surface area contributed by atoms with Crippen molar-refractivity contribution in [3.63, 3.8) is 0 Å². The van der Waals surface area contributed by atoms with Crippen LogP contribution in [0.1, 0.15) is 70.0 Å². The molecule has 2 atom stereocenters. The summed E-state index contributed by atoms with van der Waals surface area (Å²) >= 11 is 12.9. The van der Waals surface area contributed by atoms with Crippen molar-refractivity contribution in [2.24, 2.45) is 16.3 Å². The molecule has 39 heavy (non-hydrogen) atoms. The van der Waals surface area contributed by atoms with Gasteiger partial charge in [-0.1, -0.05) is 55.6 Å². The second kappa shape index (κ2) is 11.7. The van der Waals surface area contributed by atoms with E-state index in [1.807, 2.05) is 18.2 Å². The van der Waals surface area contributed by atoms with E-state index < -0.39 is 12.0 Å². The van der Waals surface area contributed by atoms with Crippen molar-refractivity contribution in [2.75, 3.05) is 31.1 Å². The molecule has 208 valence electrons. The van der Waals surface area contributed by atoms with Crippen LogP contribution in [0, 0.1) is 11.3 Å². The Bertz CT molecular complexity index is 1290. The molecule has 2 unspecified atom stereocenters. The number of nitrogens with zero attached hydrogens (tertiary/aromatic N) is 3. The number of hydrogen-bond acceptors (Lipinski definition) is 5. The van der Waals surface area contributed by atoms with E-state index in [4.69, 9.17) is 28.2 Å². The number of anilines is 1. The quantitative estimate of drug-likeness (QED) is 0.391. The van der Waals surface area contributed by atoms with Crippen LogP contribution >= 0.6 is 23.2 Å². The van der Waals surface area contributed by atoms with Crippen LogP contribution in [-0.4, -0.2) is 48.5 Å². The summed E-state index contributed by atoms with van der Waals surface area (Å²) in [6.07, 6.45) is 5.02. The largest absolute Gasteiger partial charge is 0.311 e. The molecule has 1 aliphatic carbocycles. The van der Waals surface area contributed by atoms with Crippen molar-refractivity contribution in [1.29, 1.82) is 0 Å². The highest BCUT2D eigenvalue weighted by atomic mass is 35.5. The van der Waals surface area contributed by atoms with Gasteiger partial charge in [0.2, 0.25) is 5.91 Å². The van der Waals surface area contributed by atoms with E-state index >= 15 is 0 Å². The van der Waals surface area contributed by atoms with Crippen molar-refractivity contribution in [3.8, 4) is 0 Å². The first-order valence-electron chi connectivity index (χ1n) is 14.0. The number of carbonyl (C=O) groups excluding carboxylic acids is 2. The zero-order valence-electron chi connectivity index (χ0n) is 23.1. The first-order valence-corrected chi connectivity index (χ1v) is 14.8. The lowest BCUT2D eigenvalue weighted by atomic mass is 9.68. The number of Topliss-reactive ketones (excluding diaryl/α,β-unsaturated/α-hetero) is 1. The molecule has 8 heteroatoms. The van der Waals surface area contributed by atoms with Gasteiger partial charge in [0.15, 0.2) is 0 Å². The van der Waals surface area contributed by atoms with Gasteiger partial charge in [-0.3, -0.25) is 14.6 Å². The summed E-state index contributed by atoms with van der Waals surface area (Å²) in [5.74, 6) is -0.646. The number of rotatable bonds is 6. The average molecular weight is 570 g/mol. The summed E-state index contributed by atoms with van der Waals surface area (Å²) in [5, 5.41) is 4.52. The predicted molar refractivity (Wildman–Crippen MR) is 159 cm³/mol. The molecule has 2 aliphatic heterocycles. The number of aliphatic imine (C=N–C) groups is 1. The molecule has 0 bridgehead atoms. The van der Waals surface area contributed by atoms with E-state index in [2.05, 4.69) is 30.1 Å². The third kappa shape index (κ3) is 6.25. The Balaban J connectivity index is 1.50. The predicted octanol–water partition coefficient (Wildman–Crippen LogP) is 6.75. The van der Waals surface area contributed by atoms with Crippen LogP contribution in [0.5, 0.6) is 0 Å². The molecular weight excluding hydrogens is 531 g/mol. The number of hydrogen-bond donors (Lipinski definition) is 1. The summed E-state index contributed by atoms with van der Waals surface area (Å²) in [6, 6.07) is 10.7. The van der Waals surface area contributed by atoms with Gasteiger partial charge < -0.3 is 15.1 Å². The van der Waals surface area contributed by atoms with E-state index in [-0.39, 0.29) is 17.1 Å². The van der Waals surface area contributed by atoms with Crippen LogP contribution in [0.3, 0.4) is 0 Å². The smallest absolute Gasteiger partial charge is 0.224 e. The summed E-state index contributed by atoms with van der Waals surface area (Å²) in [6.45, 7) is 10.8. The van der Waals surface area contributed by atoms with Gasteiger partial charge in [-0.2, -0.15) is 0 Å². The lowest BCUT2D eigenvalue weighted by Gasteiger charge is -2.41. The van der Waals surface area contributed by atoms with E-state index in [0.717, 1.165) is 30.1 Å².